The number of nitrogens with one attached hydrogen (secondary N) is 1. The highest BCUT2D eigenvalue weighted by Gasteiger charge is 2.35. The molecule has 1 saturated heterocycles. The highest BCUT2D eigenvalue weighted by Crippen LogP contribution is 2.32. The molecule has 0 spiro atoms. The van der Waals surface area contributed by atoms with Gasteiger partial charge in [-0.05, 0) is 31.6 Å². The molecule has 1 aromatic heterocycles. The molecule has 1 atom stereocenters. The second kappa shape index (κ2) is 4.43. The molecule has 1 aromatic rings. The molecule has 3 rings (SSSR count). The topological polar surface area (TPSA) is 74.8 Å². The summed E-state index contributed by atoms with van der Waals surface area (Å²) in [6.45, 7) is 1.79. The smallest absolute Gasteiger partial charge is 0.225 e. The molecule has 1 N–H and O–H groups in total. The van der Waals surface area contributed by atoms with Gasteiger partial charge in [-0.1, -0.05) is 5.21 Å². The molecule has 0 aromatic carbocycles. The predicted molar refractivity (Wildman–Crippen MR) is 59.9 cm³/mol. The van der Waals surface area contributed by atoms with E-state index in [2.05, 4.69) is 20.6 Å². The largest absolute Gasteiger partial charge is 0.342 e. The third kappa shape index (κ3) is 2.45. The van der Waals surface area contributed by atoms with E-state index in [0.717, 1.165) is 51.0 Å². The highest BCUT2D eigenvalue weighted by atomic mass is 16.2. The van der Waals surface area contributed by atoms with Crippen LogP contribution in [0.1, 0.15) is 31.5 Å². The Morgan fingerprint density at radius 3 is 3.00 bits per heavy atom. The van der Waals surface area contributed by atoms with Crippen LogP contribution in [0, 0.1) is 11.8 Å². The van der Waals surface area contributed by atoms with Gasteiger partial charge in [0.15, 0.2) is 5.82 Å². The van der Waals surface area contributed by atoms with E-state index in [1.54, 1.807) is 0 Å². The zero-order chi connectivity index (χ0) is 11.7. The Morgan fingerprint density at radius 1 is 1.41 bits per heavy atom. The third-order valence-electron chi connectivity index (χ3n) is 3.62. The molecule has 2 fully saturated rings. The number of likely N-dealkylation sites (tertiary alicyclic amines) is 1. The molecule has 1 unspecified atom stereocenters. The molecule has 2 heterocycles. The van der Waals surface area contributed by atoms with Crippen molar-refractivity contribution in [3.8, 4) is 0 Å². The molecule has 1 aliphatic heterocycles. The average Bonchev–Trinajstić information content (AvgIpc) is 3.08. The van der Waals surface area contributed by atoms with Gasteiger partial charge >= 0.3 is 0 Å². The zero-order valence-electron chi connectivity index (χ0n) is 9.80. The standard InChI is InChI=1S/C11H17N5O/c17-11(9-3-4-9)16-5-1-2-8(7-16)6-10-12-14-15-13-10/h8-9H,1-7H2,(H,12,13,14,15). The summed E-state index contributed by atoms with van der Waals surface area (Å²) < 4.78 is 0. The summed E-state index contributed by atoms with van der Waals surface area (Å²) in [4.78, 5) is 14.0. The summed E-state index contributed by atoms with van der Waals surface area (Å²) in [6.07, 6.45) is 5.25. The number of aromatic nitrogens is 4. The molecule has 6 heteroatoms. The molecular formula is C11H17N5O. The number of hydrogen-bond acceptors (Lipinski definition) is 4. The van der Waals surface area contributed by atoms with Gasteiger partial charge in [0.05, 0.1) is 0 Å². The van der Waals surface area contributed by atoms with Gasteiger partial charge in [0, 0.05) is 25.4 Å². The highest BCUT2D eigenvalue weighted by molar-refractivity contribution is 5.81. The number of hydrogen-bond donors (Lipinski definition) is 1. The van der Waals surface area contributed by atoms with Gasteiger partial charge in [0.2, 0.25) is 5.91 Å². The van der Waals surface area contributed by atoms with Crippen molar-refractivity contribution in [2.45, 2.75) is 32.1 Å². The molecule has 6 nitrogen and oxygen atoms in total. The summed E-state index contributed by atoms with van der Waals surface area (Å²) in [6, 6.07) is 0. The zero-order valence-corrected chi connectivity index (χ0v) is 9.80. The van der Waals surface area contributed by atoms with Gasteiger partial charge in [-0.25, -0.2) is 0 Å². The lowest BCUT2D eigenvalue weighted by molar-refractivity contribution is -0.134. The Bertz CT molecular complexity index is 387. The van der Waals surface area contributed by atoms with Crippen LogP contribution in [0.15, 0.2) is 0 Å². The van der Waals surface area contributed by atoms with E-state index in [9.17, 15) is 4.79 Å². The van der Waals surface area contributed by atoms with E-state index in [0.29, 0.717) is 17.7 Å². The Kier molecular flexibility index (Phi) is 2.78. The number of H-pyrrole nitrogens is 1. The van der Waals surface area contributed by atoms with E-state index in [1.807, 2.05) is 4.90 Å². The Morgan fingerprint density at radius 2 is 2.29 bits per heavy atom. The van der Waals surface area contributed by atoms with E-state index in [4.69, 9.17) is 0 Å². The third-order valence-corrected chi connectivity index (χ3v) is 3.62. The molecule has 1 aliphatic carbocycles. The van der Waals surface area contributed by atoms with Gasteiger partial charge in [0.1, 0.15) is 0 Å². The van der Waals surface area contributed by atoms with E-state index in [1.165, 1.54) is 0 Å². The van der Waals surface area contributed by atoms with Crippen molar-refractivity contribution in [1.29, 1.82) is 0 Å². The van der Waals surface area contributed by atoms with Crippen LogP contribution in [-0.2, 0) is 11.2 Å². The minimum absolute atomic E-state index is 0.332. The molecule has 0 radical (unpaired) electrons. The monoisotopic (exact) mass is 235 g/mol. The lowest BCUT2D eigenvalue weighted by atomic mass is 9.94. The van der Waals surface area contributed by atoms with Gasteiger partial charge in [-0.3, -0.25) is 4.79 Å². The number of carbonyl (C=O) groups excluding carboxylic acids is 1. The van der Waals surface area contributed by atoms with Crippen LogP contribution >= 0.6 is 0 Å². The second-order valence-corrected chi connectivity index (χ2v) is 5.10. The van der Waals surface area contributed by atoms with Crippen LogP contribution in [0.4, 0.5) is 0 Å². The van der Waals surface area contributed by atoms with E-state index >= 15 is 0 Å². The van der Waals surface area contributed by atoms with Gasteiger partial charge in [-0.15, -0.1) is 10.2 Å². The lowest BCUT2D eigenvalue weighted by Crippen LogP contribution is -2.41. The molecule has 17 heavy (non-hydrogen) atoms. The summed E-state index contributed by atoms with van der Waals surface area (Å²) in [5, 5.41) is 14.0. The van der Waals surface area contributed by atoms with E-state index < -0.39 is 0 Å². The lowest BCUT2D eigenvalue weighted by Gasteiger charge is -2.32. The maximum Gasteiger partial charge on any atom is 0.225 e. The Balaban J connectivity index is 1.57. The molecule has 1 saturated carbocycles. The number of tetrazole rings is 1. The number of rotatable bonds is 3. The fourth-order valence-corrected chi connectivity index (χ4v) is 2.55. The summed E-state index contributed by atoms with van der Waals surface area (Å²) in [7, 11) is 0. The Hall–Kier alpha value is -1.46. The second-order valence-electron chi connectivity index (χ2n) is 5.10. The number of aromatic amines is 1. The Labute approximate surface area is 99.8 Å². The van der Waals surface area contributed by atoms with Crippen LogP contribution in [0.2, 0.25) is 0 Å². The SMILES string of the molecule is O=C(C1CC1)N1CCCC(Cc2nn[nH]n2)C1. The molecule has 2 aliphatic rings. The summed E-state index contributed by atoms with van der Waals surface area (Å²) in [5.74, 6) is 1.95. The fraction of sp³-hybridized carbons (Fsp3) is 0.818. The van der Waals surface area contributed by atoms with Crippen molar-refractivity contribution in [3.63, 3.8) is 0 Å². The van der Waals surface area contributed by atoms with E-state index in [-0.39, 0.29) is 0 Å². The number of nitrogens with zero attached hydrogens (tertiary/aromatic N) is 4. The van der Waals surface area contributed by atoms with Crippen molar-refractivity contribution in [2.75, 3.05) is 13.1 Å². The normalized spacial score (nSPS) is 24.9. The number of piperidine rings is 1. The van der Waals surface area contributed by atoms with Crippen LogP contribution in [0.5, 0.6) is 0 Å². The van der Waals surface area contributed by atoms with Crippen LogP contribution in [0.25, 0.3) is 0 Å². The van der Waals surface area contributed by atoms with Crippen molar-refractivity contribution in [2.24, 2.45) is 11.8 Å². The minimum atomic E-state index is 0.332. The molecule has 0 bridgehead atoms. The van der Waals surface area contributed by atoms with Crippen molar-refractivity contribution in [1.82, 2.24) is 25.5 Å². The average molecular weight is 235 g/mol. The van der Waals surface area contributed by atoms with Crippen molar-refractivity contribution < 1.29 is 4.79 Å². The molecular weight excluding hydrogens is 218 g/mol. The number of amides is 1. The first kappa shape index (κ1) is 10.7. The first-order chi connectivity index (χ1) is 8.33. The molecule has 92 valence electrons. The van der Waals surface area contributed by atoms with Crippen molar-refractivity contribution >= 4 is 5.91 Å². The predicted octanol–water partition coefficient (Wildman–Crippen LogP) is 0.391. The van der Waals surface area contributed by atoms with Crippen LogP contribution in [0.3, 0.4) is 0 Å². The summed E-state index contributed by atoms with van der Waals surface area (Å²) >= 11 is 0. The van der Waals surface area contributed by atoms with Gasteiger partial charge in [0.25, 0.3) is 0 Å². The van der Waals surface area contributed by atoms with Crippen molar-refractivity contribution in [3.05, 3.63) is 5.82 Å². The van der Waals surface area contributed by atoms with Crippen LogP contribution in [-0.4, -0.2) is 44.5 Å². The number of carbonyl (C=O) groups is 1. The quantitative estimate of drug-likeness (QED) is 0.822. The first-order valence-electron chi connectivity index (χ1n) is 6.34. The van der Waals surface area contributed by atoms with Gasteiger partial charge in [-0.2, -0.15) is 5.21 Å². The van der Waals surface area contributed by atoms with Gasteiger partial charge < -0.3 is 4.90 Å². The molecule has 1 amide bonds. The maximum absolute atomic E-state index is 12.0. The minimum Gasteiger partial charge on any atom is -0.342 e. The van der Waals surface area contributed by atoms with Crippen LogP contribution < -0.4 is 0 Å². The first-order valence-corrected chi connectivity index (χ1v) is 6.34. The summed E-state index contributed by atoms with van der Waals surface area (Å²) in [5.41, 5.74) is 0. The fourth-order valence-electron chi connectivity index (χ4n) is 2.55. The maximum atomic E-state index is 12.0.